The number of rotatable bonds is 7. The first-order chi connectivity index (χ1) is 12.3. The van der Waals surface area contributed by atoms with Crippen molar-refractivity contribution in [1.29, 1.82) is 0 Å². The summed E-state index contributed by atoms with van der Waals surface area (Å²) in [6, 6.07) is 0.163. The van der Waals surface area contributed by atoms with Crippen LogP contribution in [0.15, 0.2) is 0 Å². The van der Waals surface area contributed by atoms with Gasteiger partial charge in [-0.3, -0.25) is 9.63 Å². The van der Waals surface area contributed by atoms with Crippen LogP contribution in [0, 0.1) is 5.92 Å². The van der Waals surface area contributed by atoms with Gasteiger partial charge in [-0.05, 0) is 59.3 Å². The van der Waals surface area contributed by atoms with E-state index in [1.54, 1.807) is 0 Å². The highest BCUT2D eigenvalue weighted by atomic mass is 16.7. The Bertz CT molecular complexity index is 467. The van der Waals surface area contributed by atoms with Crippen molar-refractivity contribution in [2.45, 2.75) is 77.0 Å². The number of hydrogen-bond donors (Lipinski definition) is 0. The molecule has 0 amide bonds. The van der Waals surface area contributed by atoms with Crippen molar-refractivity contribution < 1.29 is 28.6 Å². The molecule has 2 rings (SSSR count). The minimum absolute atomic E-state index is 0.00591. The van der Waals surface area contributed by atoms with Gasteiger partial charge in [0.2, 0.25) is 0 Å². The molecule has 2 aliphatic rings. The normalized spacial score (nSPS) is 27.3. The van der Waals surface area contributed by atoms with E-state index in [0.717, 1.165) is 45.1 Å². The van der Waals surface area contributed by atoms with Gasteiger partial charge in [0.25, 0.3) is 0 Å². The molecule has 1 aliphatic heterocycles. The molecule has 0 radical (unpaired) electrons. The number of carbonyl (C=O) groups is 2. The number of nitrogens with zero attached hydrogens (tertiary/aromatic N) is 1. The fraction of sp³-hybridized carbons (Fsp3) is 0.895. The smallest absolute Gasteiger partial charge is 0.332 e. The SMILES string of the molecule is COC(=O)C1CCC(ON2CCCC2COCC(=O)OC(C)(C)C)CC1. The van der Waals surface area contributed by atoms with Crippen LogP contribution in [0.25, 0.3) is 0 Å². The Morgan fingerprint density at radius 2 is 1.77 bits per heavy atom. The van der Waals surface area contributed by atoms with Crippen molar-refractivity contribution >= 4 is 11.9 Å². The largest absolute Gasteiger partial charge is 0.469 e. The molecule has 0 aromatic heterocycles. The zero-order valence-electron chi connectivity index (χ0n) is 16.5. The molecule has 0 bridgehead atoms. The van der Waals surface area contributed by atoms with E-state index in [1.807, 2.05) is 25.8 Å². The van der Waals surface area contributed by atoms with Crippen LogP contribution in [-0.4, -0.2) is 61.6 Å². The Kier molecular flexibility index (Phi) is 7.85. The Balaban J connectivity index is 1.68. The zero-order chi connectivity index (χ0) is 19.2. The molecular weight excluding hydrogens is 338 g/mol. The lowest BCUT2D eigenvalue weighted by Gasteiger charge is -2.32. The van der Waals surface area contributed by atoms with Crippen molar-refractivity contribution in [2.75, 3.05) is 26.9 Å². The summed E-state index contributed by atoms with van der Waals surface area (Å²) < 4.78 is 15.6. The minimum atomic E-state index is -0.494. The molecule has 0 spiro atoms. The molecular formula is C19H33NO6. The number of hydroxylamine groups is 2. The summed E-state index contributed by atoms with van der Waals surface area (Å²) in [7, 11) is 1.44. The van der Waals surface area contributed by atoms with Crippen LogP contribution in [0.2, 0.25) is 0 Å². The van der Waals surface area contributed by atoms with Crippen molar-refractivity contribution in [3.63, 3.8) is 0 Å². The predicted molar refractivity (Wildman–Crippen MR) is 95.2 cm³/mol. The number of methoxy groups -OCH3 is 1. The Hall–Kier alpha value is -1.18. The summed E-state index contributed by atoms with van der Waals surface area (Å²) in [5, 5.41) is 2.00. The molecule has 1 aliphatic carbocycles. The fourth-order valence-corrected chi connectivity index (χ4v) is 3.53. The van der Waals surface area contributed by atoms with E-state index >= 15 is 0 Å². The van der Waals surface area contributed by atoms with Crippen molar-refractivity contribution in [1.82, 2.24) is 5.06 Å². The minimum Gasteiger partial charge on any atom is -0.469 e. The van der Waals surface area contributed by atoms with Crippen LogP contribution in [-0.2, 0) is 28.6 Å². The van der Waals surface area contributed by atoms with E-state index in [0.29, 0.717) is 6.61 Å². The first-order valence-electron chi connectivity index (χ1n) is 9.59. The van der Waals surface area contributed by atoms with E-state index < -0.39 is 5.60 Å². The van der Waals surface area contributed by atoms with Gasteiger partial charge in [-0.2, -0.15) is 5.06 Å². The van der Waals surface area contributed by atoms with Gasteiger partial charge in [0, 0.05) is 6.54 Å². The lowest BCUT2D eigenvalue weighted by atomic mass is 9.87. The Morgan fingerprint density at radius 3 is 2.38 bits per heavy atom. The van der Waals surface area contributed by atoms with Gasteiger partial charge in [0.05, 0.1) is 31.8 Å². The van der Waals surface area contributed by atoms with Gasteiger partial charge in [0.15, 0.2) is 0 Å². The first-order valence-corrected chi connectivity index (χ1v) is 9.59. The zero-order valence-corrected chi connectivity index (χ0v) is 16.5. The lowest BCUT2D eigenvalue weighted by molar-refractivity contribution is -0.222. The monoisotopic (exact) mass is 371 g/mol. The number of ether oxygens (including phenoxy) is 3. The summed E-state index contributed by atoms with van der Waals surface area (Å²) in [6.07, 6.45) is 5.53. The molecule has 2 fully saturated rings. The molecule has 0 N–H and O–H groups in total. The topological polar surface area (TPSA) is 74.3 Å². The third-order valence-electron chi connectivity index (χ3n) is 4.77. The van der Waals surface area contributed by atoms with E-state index in [1.165, 1.54) is 7.11 Å². The highest BCUT2D eigenvalue weighted by Gasteiger charge is 2.32. The summed E-state index contributed by atoms with van der Waals surface area (Å²) in [5.41, 5.74) is -0.494. The van der Waals surface area contributed by atoms with Crippen LogP contribution >= 0.6 is 0 Å². The maximum atomic E-state index is 11.7. The summed E-state index contributed by atoms with van der Waals surface area (Å²) in [4.78, 5) is 29.5. The highest BCUT2D eigenvalue weighted by Crippen LogP contribution is 2.29. The van der Waals surface area contributed by atoms with Gasteiger partial charge >= 0.3 is 11.9 Å². The number of esters is 2. The fourth-order valence-electron chi connectivity index (χ4n) is 3.53. The third-order valence-corrected chi connectivity index (χ3v) is 4.77. The van der Waals surface area contributed by atoms with E-state index in [-0.39, 0.29) is 36.6 Å². The molecule has 1 unspecified atom stereocenters. The summed E-state index contributed by atoms with van der Waals surface area (Å²) >= 11 is 0. The summed E-state index contributed by atoms with van der Waals surface area (Å²) in [5.74, 6) is -0.450. The van der Waals surface area contributed by atoms with E-state index in [9.17, 15) is 9.59 Å². The molecule has 1 atom stereocenters. The Labute approximate surface area is 156 Å². The highest BCUT2D eigenvalue weighted by molar-refractivity contribution is 5.72. The predicted octanol–water partition coefficient (Wildman–Crippen LogP) is 2.47. The first kappa shape index (κ1) is 21.1. The molecule has 1 heterocycles. The van der Waals surface area contributed by atoms with Crippen LogP contribution in [0.5, 0.6) is 0 Å². The molecule has 1 saturated carbocycles. The molecule has 7 heteroatoms. The number of hydrogen-bond acceptors (Lipinski definition) is 7. The molecule has 1 saturated heterocycles. The van der Waals surface area contributed by atoms with Gasteiger partial charge < -0.3 is 14.2 Å². The summed E-state index contributed by atoms with van der Waals surface area (Å²) in [6.45, 7) is 6.81. The van der Waals surface area contributed by atoms with Gasteiger partial charge in [0.1, 0.15) is 12.2 Å². The molecule has 26 heavy (non-hydrogen) atoms. The maximum absolute atomic E-state index is 11.7. The second-order valence-electron chi connectivity index (χ2n) is 8.14. The maximum Gasteiger partial charge on any atom is 0.332 e. The average Bonchev–Trinajstić information content (AvgIpc) is 3.00. The van der Waals surface area contributed by atoms with Crippen LogP contribution in [0.4, 0.5) is 0 Å². The van der Waals surface area contributed by atoms with Gasteiger partial charge in [-0.1, -0.05) is 0 Å². The van der Waals surface area contributed by atoms with Crippen LogP contribution in [0.3, 0.4) is 0 Å². The second-order valence-corrected chi connectivity index (χ2v) is 8.14. The van der Waals surface area contributed by atoms with Crippen LogP contribution < -0.4 is 0 Å². The van der Waals surface area contributed by atoms with Crippen molar-refractivity contribution in [2.24, 2.45) is 5.92 Å². The van der Waals surface area contributed by atoms with Gasteiger partial charge in [-0.15, -0.1) is 0 Å². The van der Waals surface area contributed by atoms with E-state index in [4.69, 9.17) is 19.0 Å². The van der Waals surface area contributed by atoms with Crippen LogP contribution in [0.1, 0.15) is 59.3 Å². The van der Waals surface area contributed by atoms with Crippen molar-refractivity contribution in [3.05, 3.63) is 0 Å². The standard InChI is InChI=1S/C19H33NO6/c1-19(2,3)25-17(21)13-24-12-15-6-5-11-20(15)26-16-9-7-14(8-10-16)18(22)23-4/h14-16H,5-13H2,1-4H3. The quantitative estimate of drug-likeness (QED) is 0.637. The van der Waals surface area contributed by atoms with Gasteiger partial charge in [-0.25, -0.2) is 4.79 Å². The molecule has 7 nitrogen and oxygen atoms in total. The average molecular weight is 371 g/mol. The second kappa shape index (κ2) is 9.67. The third kappa shape index (κ3) is 6.85. The lowest BCUT2D eigenvalue weighted by Crippen LogP contribution is -2.39. The molecule has 0 aromatic carbocycles. The van der Waals surface area contributed by atoms with E-state index in [2.05, 4.69) is 0 Å². The molecule has 150 valence electrons. The Morgan fingerprint density at radius 1 is 1.08 bits per heavy atom. The number of carbonyl (C=O) groups excluding carboxylic acids is 2. The molecule has 0 aromatic rings. The van der Waals surface area contributed by atoms with Crippen molar-refractivity contribution in [3.8, 4) is 0 Å².